The minimum Gasteiger partial charge on any atom is -0.402 e. The van der Waals surface area contributed by atoms with E-state index in [0.717, 1.165) is 0 Å². The summed E-state index contributed by atoms with van der Waals surface area (Å²) < 4.78 is 0. The quantitative estimate of drug-likeness (QED) is 0.316. The van der Waals surface area contributed by atoms with Gasteiger partial charge in [-0.05, 0) is 0 Å². The normalized spacial score (nSPS) is 5.40. The molecule has 0 heterocycles. The van der Waals surface area contributed by atoms with Crippen LogP contribution in [-0.4, -0.2) is 22.4 Å². The van der Waals surface area contributed by atoms with E-state index >= 15 is 0 Å². The first-order chi connectivity index (χ1) is 1.73. The molecular weight excluding hydrogens is 110 g/mol. The maximum Gasteiger partial charge on any atom is 0.631 e. The smallest absolute Gasteiger partial charge is 0.402 e. The molecule has 0 rings (SSSR count). The Labute approximate surface area is 41.7 Å². The van der Waals surface area contributed by atoms with Crippen LogP contribution in [0.15, 0.2) is 0 Å². The van der Waals surface area contributed by atoms with Crippen LogP contribution in [0.2, 0.25) is 0 Å². The van der Waals surface area contributed by atoms with Crippen molar-refractivity contribution in [2.24, 2.45) is 0 Å². The molecule has 1 radical (unpaired) electrons. The Balaban J connectivity index is 0. The van der Waals surface area contributed by atoms with Crippen molar-refractivity contribution in [1.29, 1.82) is 0 Å². The van der Waals surface area contributed by atoms with E-state index in [1.165, 1.54) is 0 Å². The second-order valence-corrected chi connectivity index (χ2v) is 0.346. The Morgan fingerprint density at radius 2 is 1.00 bits per heavy atom. The molecule has 0 aliphatic heterocycles. The molecule has 29 valence electrons. The molecule has 3 nitrogen and oxygen atoms in total. The minimum atomic E-state index is -2.17. The van der Waals surface area contributed by atoms with Gasteiger partial charge in [-0.15, -0.1) is 0 Å². The Morgan fingerprint density at radius 1 is 1.00 bits per heavy atom. The molecule has 3 N–H and O–H groups in total. The fourth-order valence-electron chi connectivity index (χ4n) is 0. The van der Waals surface area contributed by atoms with E-state index in [2.05, 4.69) is 0 Å². The Kier molecular flexibility index (Phi) is 8.25. The third-order valence-electron chi connectivity index (χ3n) is 0. The molecule has 5 heteroatoms. The zero-order valence-corrected chi connectivity index (χ0v) is 3.76. The fourth-order valence-corrected chi connectivity index (χ4v) is 0. The van der Waals surface area contributed by atoms with Crippen molar-refractivity contribution in [3.05, 3.63) is 0 Å². The molecule has 0 aromatic rings. The molecule has 0 fully saturated rings. The summed E-state index contributed by atoms with van der Waals surface area (Å²) in [6.07, 6.45) is 0. The Hall–Kier alpha value is 0.529. The number of hydrogen-bond donors (Lipinski definition) is 3. The largest absolute Gasteiger partial charge is 0.631 e. The molecule has 0 spiro atoms. The summed E-state index contributed by atoms with van der Waals surface area (Å²) in [7, 11) is -2.17. The van der Waals surface area contributed by atoms with Gasteiger partial charge < -0.3 is 15.1 Å². The summed E-state index contributed by atoms with van der Waals surface area (Å²) in [5, 5.41) is 21.5. The van der Waals surface area contributed by atoms with E-state index in [4.69, 9.17) is 15.1 Å². The van der Waals surface area contributed by atoms with Crippen molar-refractivity contribution < 1.29 is 33.6 Å². The predicted octanol–water partition coefficient (Wildman–Crippen LogP) is -2.05. The fraction of sp³-hybridized carbons (Fsp3) is 0. The zero-order valence-electron chi connectivity index (χ0n) is 2.37. The van der Waals surface area contributed by atoms with Crippen LogP contribution in [0.1, 0.15) is 0 Å². The third kappa shape index (κ3) is 103. The van der Waals surface area contributed by atoms with Crippen LogP contribution in [0.4, 0.5) is 0 Å². The summed E-state index contributed by atoms with van der Waals surface area (Å²) >= 11 is 0. The summed E-state index contributed by atoms with van der Waals surface area (Å²) in [6.45, 7) is 0. The van der Waals surface area contributed by atoms with Crippen molar-refractivity contribution in [3.8, 4) is 0 Å². The van der Waals surface area contributed by atoms with Gasteiger partial charge in [0, 0.05) is 18.6 Å². The molecule has 0 atom stereocenters. The van der Waals surface area contributed by atoms with Crippen LogP contribution in [0.3, 0.4) is 0 Å². The van der Waals surface area contributed by atoms with E-state index in [0.29, 0.717) is 0 Å². The van der Waals surface area contributed by atoms with Crippen molar-refractivity contribution in [2.75, 3.05) is 0 Å². The van der Waals surface area contributed by atoms with Crippen molar-refractivity contribution in [1.82, 2.24) is 0 Å². The van der Waals surface area contributed by atoms with Crippen LogP contribution < -0.4 is 0 Å². The van der Waals surface area contributed by atoms with Gasteiger partial charge in [-0.25, -0.2) is 0 Å². The molecule has 0 saturated carbocycles. The first-order valence-corrected chi connectivity index (χ1v) is 0.775. The maximum absolute atomic E-state index is 7.17. The second-order valence-electron chi connectivity index (χ2n) is 0.346. The molecular formula is H3BO3V. The molecule has 0 aromatic carbocycles. The summed E-state index contributed by atoms with van der Waals surface area (Å²) in [5.41, 5.74) is 0. The van der Waals surface area contributed by atoms with E-state index in [1.807, 2.05) is 0 Å². The minimum absolute atomic E-state index is 0. The zero-order chi connectivity index (χ0) is 3.58. The predicted molar refractivity (Wildman–Crippen MR) is 12.4 cm³/mol. The van der Waals surface area contributed by atoms with Crippen molar-refractivity contribution >= 4 is 7.32 Å². The van der Waals surface area contributed by atoms with Crippen LogP contribution in [0, 0.1) is 0 Å². The number of hydrogen-bond acceptors (Lipinski definition) is 3. The third-order valence-corrected chi connectivity index (χ3v) is 0. The van der Waals surface area contributed by atoms with Gasteiger partial charge in [0.2, 0.25) is 0 Å². The van der Waals surface area contributed by atoms with Crippen LogP contribution in [0.5, 0.6) is 0 Å². The molecule has 0 amide bonds. The van der Waals surface area contributed by atoms with Gasteiger partial charge >= 0.3 is 7.32 Å². The monoisotopic (exact) mass is 113 g/mol. The summed E-state index contributed by atoms with van der Waals surface area (Å²) in [6, 6.07) is 0. The van der Waals surface area contributed by atoms with Gasteiger partial charge in [-0.1, -0.05) is 0 Å². The van der Waals surface area contributed by atoms with Crippen LogP contribution in [-0.2, 0) is 18.6 Å². The Bertz CT molecular complexity index is 11.6. The first-order valence-electron chi connectivity index (χ1n) is 0.775. The average Bonchev–Trinajstić information content (AvgIpc) is 0.811. The first kappa shape index (κ1) is 9.11. The van der Waals surface area contributed by atoms with E-state index in [1.54, 1.807) is 0 Å². The van der Waals surface area contributed by atoms with Gasteiger partial charge in [0.15, 0.2) is 0 Å². The van der Waals surface area contributed by atoms with Crippen LogP contribution >= 0.6 is 0 Å². The van der Waals surface area contributed by atoms with E-state index in [-0.39, 0.29) is 18.6 Å². The van der Waals surface area contributed by atoms with Crippen molar-refractivity contribution in [3.63, 3.8) is 0 Å². The molecule has 5 heavy (non-hydrogen) atoms. The maximum atomic E-state index is 7.17. The van der Waals surface area contributed by atoms with Gasteiger partial charge in [-0.3, -0.25) is 0 Å². The van der Waals surface area contributed by atoms with E-state index < -0.39 is 7.32 Å². The van der Waals surface area contributed by atoms with E-state index in [9.17, 15) is 0 Å². The molecule has 0 aromatic heterocycles. The van der Waals surface area contributed by atoms with Gasteiger partial charge in [0.1, 0.15) is 0 Å². The van der Waals surface area contributed by atoms with Crippen LogP contribution in [0.25, 0.3) is 0 Å². The van der Waals surface area contributed by atoms with Gasteiger partial charge in [0.25, 0.3) is 0 Å². The average molecular weight is 113 g/mol. The topological polar surface area (TPSA) is 60.7 Å². The molecule has 0 bridgehead atoms. The molecule has 0 unspecified atom stereocenters. The summed E-state index contributed by atoms with van der Waals surface area (Å²) in [5.74, 6) is 0. The number of rotatable bonds is 0. The second kappa shape index (κ2) is 4.53. The SMILES string of the molecule is OB(O)O.[V]. The standard InChI is InChI=1S/BH3O3.V/c2-1(3)4;/h2-4H;. The molecule has 0 aliphatic rings. The molecule has 0 aliphatic carbocycles. The van der Waals surface area contributed by atoms with Crippen molar-refractivity contribution in [2.45, 2.75) is 0 Å². The molecule has 0 saturated heterocycles. The van der Waals surface area contributed by atoms with Gasteiger partial charge in [0.05, 0.1) is 0 Å². The van der Waals surface area contributed by atoms with Gasteiger partial charge in [-0.2, -0.15) is 0 Å². The summed E-state index contributed by atoms with van der Waals surface area (Å²) in [4.78, 5) is 0. The Morgan fingerprint density at radius 3 is 1.00 bits per heavy atom.